The van der Waals surface area contributed by atoms with Crippen LogP contribution in [0.15, 0.2) is 51.7 Å². The Labute approximate surface area is 150 Å². The summed E-state index contributed by atoms with van der Waals surface area (Å²) >= 11 is 0. The summed E-state index contributed by atoms with van der Waals surface area (Å²) in [6.45, 7) is 6.15. The lowest BCUT2D eigenvalue weighted by atomic mass is 9.84. The number of aromatic carboxylic acids is 1. The Balaban J connectivity index is 2.42. The second-order valence-electron chi connectivity index (χ2n) is 7.11. The summed E-state index contributed by atoms with van der Waals surface area (Å²) in [5, 5.41) is 10.5. The van der Waals surface area contributed by atoms with E-state index < -0.39 is 11.6 Å². The molecule has 0 atom stereocenters. The average Bonchev–Trinajstić information content (AvgIpc) is 2.60. The maximum absolute atomic E-state index is 12.2. The molecule has 26 heavy (non-hydrogen) atoms. The van der Waals surface area contributed by atoms with Crippen molar-refractivity contribution in [2.45, 2.75) is 26.2 Å². The average molecular weight is 352 g/mol. The number of hydrogen-bond donors (Lipinski definition) is 1. The van der Waals surface area contributed by atoms with Gasteiger partial charge in [0.05, 0.1) is 12.5 Å². The van der Waals surface area contributed by atoms with Gasteiger partial charge in [0.2, 0.25) is 5.76 Å². The van der Waals surface area contributed by atoms with Crippen LogP contribution in [-0.4, -0.2) is 18.2 Å². The van der Waals surface area contributed by atoms with Crippen molar-refractivity contribution in [2.75, 3.05) is 7.11 Å². The first-order valence-corrected chi connectivity index (χ1v) is 8.22. The molecule has 0 aliphatic carbocycles. The van der Waals surface area contributed by atoms with E-state index in [1.165, 1.54) is 0 Å². The first-order chi connectivity index (χ1) is 12.2. The molecule has 0 radical (unpaired) electrons. The monoisotopic (exact) mass is 352 g/mol. The lowest BCUT2D eigenvalue weighted by Gasteiger charge is -2.23. The number of carbonyl (C=O) groups is 1. The Hall–Kier alpha value is -3.08. The van der Waals surface area contributed by atoms with Gasteiger partial charge in [-0.25, -0.2) is 9.59 Å². The first kappa shape index (κ1) is 17.7. The van der Waals surface area contributed by atoms with Gasteiger partial charge in [-0.3, -0.25) is 0 Å². The van der Waals surface area contributed by atoms with Crippen molar-refractivity contribution < 1.29 is 19.1 Å². The number of benzene rings is 2. The molecule has 0 aliphatic rings. The highest BCUT2D eigenvalue weighted by atomic mass is 16.5. The topological polar surface area (TPSA) is 76.7 Å². The number of hydrogen-bond acceptors (Lipinski definition) is 4. The minimum atomic E-state index is -1.28. The van der Waals surface area contributed by atoms with Crippen LogP contribution in [0.4, 0.5) is 0 Å². The third kappa shape index (κ3) is 2.96. The Morgan fingerprint density at radius 2 is 1.73 bits per heavy atom. The Morgan fingerprint density at radius 3 is 2.31 bits per heavy atom. The second kappa shape index (κ2) is 6.33. The molecule has 3 aromatic rings. The molecule has 2 aromatic carbocycles. The van der Waals surface area contributed by atoms with Gasteiger partial charge >= 0.3 is 11.6 Å². The van der Waals surface area contributed by atoms with Crippen molar-refractivity contribution >= 4 is 16.7 Å². The van der Waals surface area contributed by atoms with Crippen LogP contribution in [0.2, 0.25) is 0 Å². The van der Waals surface area contributed by atoms with Gasteiger partial charge in [-0.1, -0.05) is 45.0 Å². The summed E-state index contributed by atoms with van der Waals surface area (Å²) in [4.78, 5) is 23.9. The van der Waals surface area contributed by atoms with Gasteiger partial charge in [0.25, 0.3) is 0 Å². The molecule has 0 saturated heterocycles. The van der Waals surface area contributed by atoms with E-state index in [1.54, 1.807) is 43.5 Å². The summed E-state index contributed by atoms with van der Waals surface area (Å²) in [6.07, 6.45) is 0. The fourth-order valence-electron chi connectivity index (χ4n) is 3.09. The first-order valence-electron chi connectivity index (χ1n) is 8.22. The third-order valence-corrected chi connectivity index (χ3v) is 4.33. The van der Waals surface area contributed by atoms with Crippen molar-refractivity contribution in [3.8, 4) is 16.9 Å². The zero-order valence-electron chi connectivity index (χ0n) is 15.1. The summed E-state index contributed by atoms with van der Waals surface area (Å²) in [5.41, 5.74) is 1.11. The number of rotatable bonds is 3. The molecule has 3 rings (SSSR count). The van der Waals surface area contributed by atoms with E-state index in [2.05, 4.69) is 20.8 Å². The molecule has 0 amide bonds. The molecule has 5 heteroatoms. The summed E-state index contributed by atoms with van der Waals surface area (Å²) in [5.74, 6) is -0.922. The van der Waals surface area contributed by atoms with Gasteiger partial charge in [0, 0.05) is 16.5 Å². The molecule has 0 unspecified atom stereocenters. The van der Waals surface area contributed by atoms with Gasteiger partial charge in [-0.2, -0.15) is 0 Å². The number of fused-ring (bicyclic) bond motifs is 1. The van der Waals surface area contributed by atoms with Gasteiger partial charge in [-0.05, 0) is 29.2 Å². The van der Waals surface area contributed by atoms with E-state index in [4.69, 9.17) is 9.15 Å². The smallest absolute Gasteiger partial charge is 0.372 e. The predicted octanol–water partition coefficient (Wildman–Crippen LogP) is 4.46. The molecular weight excluding hydrogens is 332 g/mol. The summed E-state index contributed by atoms with van der Waals surface area (Å²) < 4.78 is 10.6. The molecular formula is C21H20O5. The van der Waals surface area contributed by atoms with Crippen molar-refractivity contribution in [1.29, 1.82) is 0 Å². The van der Waals surface area contributed by atoms with Crippen LogP contribution in [0.1, 0.15) is 36.9 Å². The maximum atomic E-state index is 12.2. The van der Waals surface area contributed by atoms with E-state index >= 15 is 0 Å². The molecule has 134 valence electrons. The van der Waals surface area contributed by atoms with Gasteiger partial charge < -0.3 is 14.3 Å². The van der Waals surface area contributed by atoms with Crippen molar-refractivity contribution in [3.05, 3.63) is 64.2 Å². The lowest BCUT2D eigenvalue weighted by molar-refractivity contribution is 0.0659. The molecule has 1 aromatic heterocycles. The maximum Gasteiger partial charge on any atom is 0.372 e. The quantitative estimate of drug-likeness (QED) is 0.753. The predicted molar refractivity (Wildman–Crippen MR) is 100 cm³/mol. The van der Waals surface area contributed by atoms with Crippen molar-refractivity contribution in [3.63, 3.8) is 0 Å². The highest BCUT2D eigenvalue weighted by Crippen LogP contribution is 2.37. The Kier molecular flexibility index (Phi) is 4.32. The lowest BCUT2D eigenvalue weighted by Crippen LogP contribution is -2.13. The molecule has 5 nitrogen and oxygen atoms in total. The number of methoxy groups -OCH3 is 1. The standard InChI is InChI=1S/C21H20O5/c1-21(2,3)15-11-12(9-10-16(15)25-4)17-13-7-5-6-8-14(13)20(24)26-18(17)19(22)23/h5-11H,1-4H3,(H,22,23). The highest BCUT2D eigenvalue weighted by Gasteiger charge is 2.24. The van der Waals surface area contributed by atoms with E-state index in [1.807, 2.05) is 6.07 Å². The van der Waals surface area contributed by atoms with E-state index in [-0.39, 0.29) is 11.2 Å². The molecule has 0 saturated carbocycles. The van der Waals surface area contributed by atoms with E-state index in [0.29, 0.717) is 21.9 Å². The van der Waals surface area contributed by atoms with E-state index in [0.717, 1.165) is 11.3 Å². The molecule has 0 spiro atoms. The fourth-order valence-corrected chi connectivity index (χ4v) is 3.09. The van der Waals surface area contributed by atoms with Gasteiger partial charge in [0.1, 0.15) is 5.75 Å². The largest absolute Gasteiger partial charge is 0.496 e. The normalized spacial score (nSPS) is 11.5. The van der Waals surface area contributed by atoms with Crippen LogP contribution in [0.25, 0.3) is 21.9 Å². The van der Waals surface area contributed by atoms with Crippen molar-refractivity contribution in [2.24, 2.45) is 0 Å². The second-order valence-corrected chi connectivity index (χ2v) is 7.11. The van der Waals surface area contributed by atoms with E-state index in [9.17, 15) is 14.7 Å². The minimum Gasteiger partial charge on any atom is -0.496 e. The van der Waals surface area contributed by atoms with Crippen LogP contribution in [0.3, 0.4) is 0 Å². The van der Waals surface area contributed by atoms with Gasteiger partial charge in [-0.15, -0.1) is 0 Å². The fraction of sp³-hybridized carbons (Fsp3) is 0.238. The minimum absolute atomic E-state index is 0.212. The zero-order chi connectivity index (χ0) is 19.1. The third-order valence-electron chi connectivity index (χ3n) is 4.33. The van der Waals surface area contributed by atoms with Crippen LogP contribution in [-0.2, 0) is 5.41 Å². The zero-order valence-corrected chi connectivity index (χ0v) is 15.1. The molecule has 0 bridgehead atoms. The van der Waals surface area contributed by atoms with Crippen molar-refractivity contribution in [1.82, 2.24) is 0 Å². The Morgan fingerprint density at radius 1 is 1.08 bits per heavy atom. The number of carboxylic acids is 1. The van der Waals surface area contributed by atoms with Crippen LogP contribution >= 0.6 is 0 Å². The summed E-state index contributed by atoms with van der Waals surface area (Å²) in [6, 6.07) is 12.3. The number of ether oxygens (including phenoxy) is 1. The molecule has 1 N–H and O–H groups in total. The molecule has 1 heterocycles. The SMILES string of the molecule is COc1ccc(-c2c(C(=O)O)oc(=O)c3ccccc23)cc1C(C)(C)C. The summed E-state index contributed by atoms with van der Waals surface area (Å²) in [7, 11) is 1.60. The molecule has 0 fully saturated rings. The van der Waals surface area contributed by atoms with Gasteiger partial charge in [0.15, 0.2) is 0 Å². The van der Waals surface area contributed by atoms with Crippen LogP contribution in [0.5, 0.6) is 5.75 Å². The molecule has 0 aliphatic heterocycles. The Bertz CT molecular complexity index is 1050. The van der Waals surface area contributed by atoms with Crippen LogP contribution < -0.4 is 10.4 Å². The van der Waals surface area contributed by atoms with Crippen LogP contribution in [0, 0.1) is 0 Å². The highest BCUT2D eigenvalue weighted by molar-refractivity contribution is 6.05. The number of carboxylic acid groups (broad SMARTS) is 1.